The van der Waals surface area contributed by atoms with Gasteiger partial charge in [0, 0.05) is 9.90 Å². The molecule has 3 aliphatic rings. The molecular formula is C10H11Br. The van der Waals surface area contributed by atoms with E-state index in [9.17, 15) is 0 Å². The molecule has 3 rings (SSSR count). The molecule has 0 heterocycles. The summed E-state index contributed by atoms with van der Waals surface area (Å²) in [4.78, 5) is 0. The van der Waals surface area contributed by atoms with Gasteiger partial charge in [0.15, 0.2) is 0 Å². The third-order valence-electron chi connectivity index (χ3n) is 4.24. The van der Waals surface area contributed by atoms with Crippen LogP contribution < -0.4 is 0 Å². The molecule has 1 fully saturated rings. The Labute approximate surface area is 75.5 Å². The van der Waals surface area contributed by atoms with Crippen molar-refractivity contribution in [1.29, 1.82) is 0 Å². The highest BCUT2D eigenvalue weighted by Crippen LogP contribution is 2.79. The third kappa shape index (κ3) is 0.416. The van der Waals surface area contributed by atoms with E-state index in [4.69, 9.17) is 0 Å². The van der Waals surface area contributed by atoms with Gasteiger partial charge >= 0.3 is 0 Å². The van der Waals surface area contributed by atoms with Crippen LogP contribution in [0.4, 0.5) is 0 Å². The van der Waals surface area contributed by atoms with E-state index in [2.05, 4.69) is 48.0 Å². The zero-order valence-corrected chi connectivity index (χ0v) is 8.35. The summed E-state index contributed by atoms with van der Waals surface area (Å²) in [6.07, 6.45) is 7.18. The Balaban J connectivity index is 2.26. The molecule has 0 aromatic heterocycles. The van der Waals surface area contributed by atoms with Crippen LogP contribution >= 0.6 is 15.9 Å². The summed E-state index contributed by atoms with van der Waals surface area (Å²) in [7, 11) is 0. The molecular weight excluding hydrogens is 200 g/mol. The van der Waals surface area contributed by atoms with Gasteiger partial charge in [0.2, 0.25) is 0 Å². The molecule has 0 bridgehead atoms. The lowest BCUT2D eigenvalue weighted by Crippen LogP contribution is -2.21. The van der Waals surface area contributed by atoms with Crippen molar-refractivity contribution in [1.82, 2.24) is 0 Å². The first-order chi connectivity index (χ1) is 5.11. The summed E-state index contributed by atoms with van der Waals surface area (Å²) >= 11 is 3.66. The molecule has 1 heteroatoms. The molecule has 0 radical (unpaired) electrons. The average molecular weight is 211 g/mol. The zero-order valence-electron chi connectivity index (χ0n) is 6.76. The van der Waals surface area contributed by atoms with E-state index >= 15 is 0 Å². The van der Waals surface area contributed by atoms with E-state index in [0.29, 0.717) is 10.8 Å². The molecule has 0 N–H and O–H groups in total. The first-order valence-corrected chi connectivity index (χ1v) is 4.97. The fourth-order valence-electron chi connectivity index (χ4n) is 3.01. The van der Waals surface area contributed by atoms with Crippen LogP contribution in [0.5, 0.6) is 0 Å². The van der Waals surface area contributed by atoms with Crippen LogP contribution in [-0.4, -0.2) is 0 Å². The minimum absolute atomic E-state index is 0.336. The maximum absolute atomic E-state index is 3.66. The zero-order chi connectivity index (χ0) is 7.85. The van der Waals surface area contributed by atoms with Gasteiger partial charge in [-0.1, -0.05) is 48.0 Å². The summed E-state index contributed by atoms with van der Waals surface area (Å²) in [6.45, 7) is 4.75. The van der Waals surface area contributed by atoms with Crippen molar-refractivity contribution in [3.05, 3.63) is 22.7 Å². The largest absolute Gasteiger partial charge is 0.0833 e. The quantitative estimate of drug-likeness (QED) is 0.540. The Morgan fingerprint density at radius 2 is 2.09 bits per heavy atom. The highest BCUT2D eigenvalue weighted by molar-refractivity contribution is 9.11. The van der Waals surface area contributed by atoms with Crippen LogP contribution in [0.25, 0.3) is 0 Å². The molecule has 4 atom stereocenters. The lowest BCUT2D eigenvalue weighted by molar-refractivity contribution is 0.329. The molecule has 0 nitrogen and oxygen atoms in total. The molecule has 0 aromatic rings. The van der Waals surface area contributed by atoms with Gasteiger partial charge in [0.05, 0.1) is 0 Å². The molecule has 1 saturated carbocycles. The highest BCUT2D eigenvalue weighted by atomic mass is 79.9. The van der Waals surface area contributed by atoms with Gasteiger partial charge in [0.25, 0.3) is 0 Å². The van der Waals surface area contributed by atoms with Crippen LogP contribution in [0.15, 0.2) is 22.7 Å². The lowest BCUT2D eigenvalue weighted by atomic mass is 9.79. The number of allylic oxidation sites excluding steroid dienone is 4. The average Bonchev–Trinajstić information content (AvgIpc) is 2.39. The number of hydrogen-bond acceptors (Lipinski definition) is 0. The molecule has 0 spiro atoms. The molecule has 0 saturated heterocycles. The predicted octanol–water partition coefficient (Wildman–Crippen LogP) is 3.11. The molecule has 2 unspecified atom stereocenters. The molecule has 0 amide bonds. The maximum Gasteiger partial charge on any atom is 0.0232 e. The summed E-state index contributed by atoms with van der Waals surface area (Å²) in [5, 5.41) is 0. The van der Waals surface area contributed by atoms with Crippen molar-refractivity contribution in [3.8, 4) is 0 Å². The van der Waals surface area contributed by atoms with Crippen molar-refractivity contribution in [2.24, 2.45) is 22.7 Å². The van der Waals surface area contributed by atoms with E-state index in [1.807, 2.05) is 0 Å². The van der Waals surface area contributed by atoms with E-state index in [-0.39, 0.29) is 0 Å². The van der Waals surface area contributed by atoms with Crippen molar-refractivity contribution in [3.63, 3.8) is 0 Å². The number of fused-ring (bicyclic) bond motifs is 1. The lowest BCUT2D eigenvalue weighted by Gasteiger charge is -2.27. The standard InChI is InChI=1S/C10H11Br/c1-9-4-3-6-7(5-8(9)11)10(6,9)2/h3-7H,1-2H3/t6?,7?,9-,10+/m1/s1. The Bertz CT molecular complexity index is 302. The fraction of sp³-hybridized carbons (Fsp3) is 0.600. The van der Waals surface area contributed by atoms with Crippen LogP contribution in [0.1, 0.15) is 13.8 Å². The number of halogens is 1. The van der Waals surface area contributed by atoms with Crippen LogP contribution in [0.2, 0.25) is 0 Å². The Hall–Kier alpha value is -0.0400. The molecule has 3 aliphatic carbocycles. The van der Waals surface area contributed by atoms with E-state index in [0.717, 1.165) is 11.8 Å². The number of rotatable bonds is 0. The van der Waals surface area contributed by atoms with Crippen molar-refractivity contribution in [2.75, 3.05) is 0 Å². The second-order valence-electron chi connectivity index (χ2n) is 4.41. The predicted molar refractivity (Wildman–Crippen MR) is 49.3 cm³/mol. The van der Waals surface area contributed by atoms with Gasteiger partial charge in [-0.25, -0.2) is 0 Å². The molecule has 11 heavy (non-hydrogen) atoms. The van der Waals surface area contributed by atoms with Gasteiger partial charge in [-0.15, -0.1) is 0 Å². The van der Waals surface area contributed by atoms with E-state index in [1.165, 1.54) is 4.48 Å². The van der Waals surface area contributed by atoms with Gasteiger partial charge in [-0.3, -0.25) is 0 Å². The topological polar surface area (TPSA) is 0 Å². The van der Waals surface area contributed by atoms with Crippen LogP contribution in [-0.2, 0) is 0 Å². The summed E-state index contributed by atoms with van der Waals surface area (Å²) in [5.41, 5.74) is 0.883. The number of hydrogen-bond donors (Lipinski definition) is 0. The smallest absolute Gasteiger partial charge is 0.0232 e. The van der Waals surface area contributed by atoms with E-state index in [1.54, 1.807) is 0 Å². The normalized spacial score (nSPS) is 63.0. The van der Waals surface area contributed by atoms with Gasteiger partial charge in [0.1, 0.15) is 0 Å². The summed E-state index contributed by atoms with van der Waals surface area (Å²) in [6, 6.07) is 0. The van der Waals surface area contributed by atoms with Gasteiger partial charge in [-0.2, -0.15) is 0 Å². The van der Waals surface area contributed by atoms with Crippen LogP contribution in [0, 0.1) is 22.7 Å². The fourth-order valence-corrected chi connectivity index (χ4v) is 3.86. The summed E-state index contributed by atoms with van der Waals surface area (Å²) in [5.74, 6) is 1.70. The second kappa shape index (κ2) is 1.39. The minimum Gasteiger partial charge on any atom is -0.0833 e. The van der Waals surface area contributed by atoms with E-state index < -0.39 is 0 Å². The Morgan fingerprint density at radius 3 is 2.64 bits per heavy atom. The van der Waals surface area contributed by atoms with Crippen molar-refractivity contribution < 1.29 is 0 Å². The SMILES string of the molecule is C[C@@]12C3C=C[C@]1(C)C(Br)=CC32. The van der Waals surface area contributed by atoms with Crippen LogP contribution in [0.3, 0.4) is 0 Å². The third-order valence-corrected chi connectivity index (χ3v) is 5.33. The van der Waals surface area contributed by atoms with Crippen molar-refractivity contribution >= 4 is 15.9 Å². The van der Waals surface area contributed by atoms with Crippen molar-refractivity contribution in [2.45, 2.75) is 13.8 Å². The molecule has 0 aliphatic heterocycles. The molecule has 58 valence electrons. The second-order valence-corrected chi connectivity index (χ2v) is 5.26. The first kappa shape index (κ1) is 6.47. The van der Waals surface area contributed by atoms with Gasteiger partial charge < -0.3 is 0 Å². The molecule has 0 aromatic carbocycles. The Kier molecular flexibility index (Phi) is 0.820. The highest BCUT2D eigenvalue weighted by Gasteiger charge is 2.73. The Morgan fingerprint density at radius 1 is 1.36 bits per heavy atom. The monoisotopic (exact) mass is 210 g/mol. The summed E-state index contributed by atoms with van der Waals surface area (Å²) < 4.78 is 1.41. The first-order valence-electron chi connectivity index (χ1n) is 4.18. The maximum atomic E-state index is 3.66. The van der Waals surface area contributed by atoms with Gasteiger partial charge in [-0.05, 0) is 17.3 Å². The minimum atomic E-state index is 0.336.